The molecule has 0 aromatic heterocycles. The third-order valence-electron chi connectivity index (χ3n) is 3.57. The van der Waals surface area contributed by atoms with Gasteiger partial charge in [-0.15, -0.1) is 0 Å². The second-order valence-corrected chi connectivity index (χ2v) is 5.27. The normalized spacial score (nSPS) is 16.1. The highest BCUT2D eigenvalue weighted by atomic mass is 16.5. The van der Waals surface area contributed by atoms with E-state index in [4.69, 9.17) is 10.00 Å². The van der Waals surface area contributed by atoms with Gasteiger partial charge in [-0.3, -0.25) is 0 Å². The van der Waals surface area contributed by atoms with E-state index in [-0.39, 0.29) is 5.41 Å². The number of nitriles is 1. The zero-order chi connectivity index (χ0) is 13.2. The molecule has 0 atom stereocenters. The molecule has 96 valence electrons. The van der Waals surface area contributed by atoms with Crippen molar-refractivity contribution in [2.45, 2.75) is 33.2 Å². The van der Waals surface area contributed by atoms with Crippen LogP contribution < -0.4 is 10.1 Å². The first-order valence-electron chi connectivity index (χ1n) is 6.36. The first kappa shape index (κ1) is 12.9. The van der Waals surface area contributed by atoms with Crippen LogP contribution in [0.3, 0.4) is 0 Å². The Kier molecular flexibility index (Phi) is 3.58. The fourth-order valence-electron chi connectivity index (χ4n) is 2.38. The number of ether oxygens (including phenoxy) is 1. The molecule has 1 aliphatic carbocycles. The van der Waals surface area contributed by atoms with Crippen molar-refractivity contribution in [1.82, 2.24) is 5.32 Å². The van der Waals surface area contributed by atoms with Crippen LogP contribution in [0.25, 0.3) is 0 Å². The number of methoxy groups -OCH3 is 1. The van der Waals surface area contributed by atoms with Crippen LogP contribution in [0.1, 0.15) is 29.5 Å². The number of aryl methyl sites for hydroxylation is 2. The summed E-state index contributed by atoms with van der Waals surface area (Å²) in [4.78, 5) is 0. The highest BCUT2D eigenvalue weighted by molar-refractivity contribution is 5.43. The fourth-order valence-corrected chi connectivity index (χ4v) is 2.38. The molecular formula is C15H20N2O. The van der Waals surface area contributed by atoms with Gasteiger partial charge >= 0.3 is 0 Å². The molecular weight excluding hydrogens is 224 g/mol. The lowest BCUT2D eigenvalue weighted by Gasteiger charge is -2.14. The molecule has 3 heteroatoms. The van der Waals surface area contributed by atoms with Crippen LogP contribution in [0.4, 0.5) is 0 Å². The van der Waals surface area contributed by atoms with Gasteiger partial charge in [0.15, 0.2) is 0 Å². The minimum absolute atomic E-state index is 0.0912. The summed E-state index contributed by atoms with van der Waals surface area (Å²) in [5.41, 5.74) is 3.48. The van der Waals surface area contributed by atoms with Crippen LogP contribution >= 0.6 is 0 Å². The molecule has 0 aliphatic heterocycles. The van der Waals surface area contributed by atoms with Crippen molar-refractivity contribution in [3.05, 3.63) is 28.8 Å². The van der Waals surface area contributed by atoms with Crippen LogP contribution in [0.2, 0.25) is 0 Å². The summed E-state index contributed by atoms with van der Waals surface area (Å²) in [6.45, 7) is 5.69. The topological polar surface area (TPSA) is 45.0 Å². The Labute approximate surface area is 109 Å². The van der Waals surface area contributed by atoms with Gasteiger partial charge in [-0.25, -0.2) is 0 Å². The van der Waals surface area contributed by atoms with E-state index in [1.165, 1.54) is 11.1 Å². The van der Waals surface area contributed by atoms with Gasteiger partial charge in [0.1, 0.15) is 5.75 Å². The summed E-state index contributed by atoms with van der Waals surface area (Å²) in [7, 11) is 1.71. The van der Waals surface area contributed by atoms with Crippen molar-refractivity contribution in [3.8, 4) is 11.8 Å². The number of hydrogen-bond donors (Lipinski definition) is 1. The van der Waals surface area contributed by atoms with E-state index >= 15 is 0 Å². The maximum absolute atomic E-state index is 9.03. The van der Waals surface area contributed by atoms with E-state index < -0.39 is 0 Å². The summed E-state index contributed by atoms with van der Waals surface area (Å²) < 4.78 is 5.45. The third-order valence-corrected chi connectivity index (χ3v) is 3.57. The summed E-state index contributed by atoms with van der Waals surface area (Å²) in [6, 6.07) is 6.66. The quantitative estimate of drug-likeness (QED) is 0.866. The predicted molar refractivity (Wildman–Crippen MR) is 71.5 cm³/mol. The molecule has 0 radical (unpaired) electrons. The molecule has 0 heterocycles. The van der Waals surface area contributed by atoms with Crippen LogP contribution in [0.15, 0.2) is 12.1 Å². The van der Waals surface area contributed by atoms with E-state index in [2.05, 4.69) is 37.4 Å². The lowest BCUT2D eigenvalue weighted by atomic mass is 10.0. The maximum Gasteiger partial charge on any atom is 0.126 e. The standard InChI is InChI=1S/C15H20N2O/c1-11-6-12(2)14(18-3)13(7-11)8-17-10-15(9-16)4-5-15/h6-7,17H,4-5,8,10H2,1-3H3. The first-order valence-corrected chi connectivity index (χ1v) is 6.36. The Balaban J connectivity index is 2.03. The molecule has 0 saturated heterocycles. The average Bonchev–Trinajstić information content (AvgIpc) is 3.09. The van der Waals surface area contributed by atoms with Crippen LogP contribution in [-0.4, -0.2) is 13.7 Å². The van der Waals surface area contributed by atoms with Crippen LogP contribution in [-0.2, 0) is 6.54 Å². The molecule has 18 heavy (non-hydrogen) atoms. The molecule has 1 saturated carbocycles. The lowest BCUT2D eigenvalue weighted by molar-refractivity contribution is 0.403. The van der Waals surface area contributed by atoms with Crippen molar-refractivity contribution in [3.63, 3.8) is 0 Å². The average molecular weight is 244 g/mol. The Morgan fingerprint density at radius 1 is 1.39 bits per heavy atom. The Morgan fingerprint density at radius 2 is 2.11 bits per heavy atom. The highest BCUT2D eigenvalue weighted by Crippen LogP contribution is 2.44. The summed E-state index contributed by atoms with van der Waals surface area (Å²) >= 11 is 0. The number of nitrogens with one attached hydrogen (secondary N) is 1. The van der Waals surface area contributed by atoms with Gasteiger partial charge in [0, 0.05) is 18.7 Å². The number of rotatable bonds is 5. The lowest BCUT2D eigenvalue weighted by Crippen LogP contribution is -2.22. The largest absolute Gasteiger partial charge is 0.496 e. The van der Waals surface area contributed by atoms with Crippen LogP contribution in [0, 0.1) is 30.6 Å². The molecule has 1 N–H and O–H groups in total. The van der Waals surface area contributed by atoms with Crippen molar-refractivity contribution in [2.24, 2.45) is 5.41 Å². The smallest absolute Gasteiger partial charge is 0.126 e. The van der Waals surface area contributed by atoms with Gasteiger partial charge in [0.05, 0.1) is 18.6 Å². The number of benzene rings is 1. The molecule has 1 aromatic carbocycles. The minimum Gasteiger partial charge on any atom is -0.496 e. The molecule has 0 unspecified atom stereocenters. The van der Waals surface area contributed by atoms with Gasteiger partial charge < -0.3 is 10.1 Å². The highest BCUT2D eigenvalue weighted by Gasteiger charge is 2.42. The Morgan fingerprint density at radius 3 is 2.67 bits per heavy atom. The predicted octanol–water partition coefficient (Wildman–Crippen LogP) is 2.71. The molecule has 1 aromatic rings. The zero-order valence-electron chi connectivity index (χ0n) is 11.3. The summed E-state index contributed by atoms with van der Waals surface area (Å²) in [5.74, 6) is 0.954. The van der Waals surface area contributed by atoms with Crippen molar-refractivity contribution < 1.29 is 4.74 Å². The zero-order valence-corrected chi connectivity index (χ0v) is 11.3. The number of hydrogen-bond acceptors (Lipinski definition) is 3. The summed E-state index contributed by atoms with van der Waals surface area (Å²) in [6.07, 6.45) is 2.06. The summed E-state index contributed by atoms with van der Waals surface area (Å²) in [5, 5.41) is 12.4. The van der Waals surface area contributed by atoms with E-state index in [9.17, 15) is 0 Å². The maximum atomic E-state index is 9.03. The van der Waals surface area contributed by atoms with Gasteiger partial charge in [-0.1, -0.05) is 17.7 Å². The van der Waals surface area contributed by atoms with E-state index in [1.807, 2.05) is 0 Å². The van der Waals surface area contributed by atoms with Crippen molar-refractivity contribution in [1.29, 1.82) is 5.26 Å². The molecule has 0 spiro atoms. The number of nitrogens with zero attached hydrogens (tertiary/aromatic N) is 1. The van der Waals surface area contributed by atoms with E-state index in [1.54, 1.807) is 7.11 Å². The van der Waals surface area contributed by atoms with Gasteiger partial charge in [-0.2, -0.15) is 5.26 Å². The minimum atomic E-state index is -0.0912. The second-order valence-electron chi connectivity index (χ2n) is 5.27. The SMILES string of the molecule is COc1c(C)cc(C)cc1CNCC1(C#N)CC1. The van der Waals surface area contributed by atoms with Gasteiger partial charge in [0.2, 0.25) is 0 Å². The molecule has 2 rings (SSSR count). The molecule has 0 amide bonds. The first-order chi connectivity index (χ1) is 8.60. The van der Waals surface area contributed by atoms with Gasteiger partial charge in [-0.05, 0) is 32.3 Å². The second kappa shape index (κ2) is 4.99. The van der Waals surface area contributed by atoms with Crippen molar-refractivity contribution >= 4 is 0 Å². The Bertz CT molecular complexity index is 484. The van der Waals surface area contributed by atoms with Gasteiger partial charge in [0.25, 0.3) is 0 Å². The Hall–Kier alpha value is -1.53. The van der Waals surface area contributed by atoms with E-state index in [0.717, 1.165) is 37.2 Å². The van der Waals surface area contributed by atoms with E-state index in [0.29, 0.717) is 0 Å². The van der Waals surface area contributed by atoms with Crippen molar-refractivity contribution in [2.75, 3.05) is 13.7 Å². The molecule has 0 bridgehead atoms. The molecule has 3 nitrogen and oxygen atoms in total. The monoisotopic (exact) mass is 244 g/mol. The van der Waals surface area contributed by atoms with Crippen LogP contribution in [0.5, 0.6) is 5.75 Å². The fraction of sp³-hybridized carbons (Fsp3) is 0.533. The molecule has 1 fully saturated rings. The third kappa shape index (κ3) is 2.65. The molecule has 1 aliphatic rings.